The van der Waals surface area contributed by atoms with Gasteiger partial charge in [0.25, 0.3) is 0 Å². The van der Waals surface area contributed by atoms with Crippen molar-refractivity contribution in [3.63, 3.8) is 0 Å². The fourth-order valence-corrected chi connectivity index (χ4v) is 3.85. The molecule has 2 rings (SSSR count). The van der Waals surface area contributed by atoms with Gasteiger partial charge in [-0.15, -0.1) is 0 Å². The van der Waals surface area contributed by atoms with Crippen LogP contribution >= 0.6 is 0 Å². The van der Waals surface area contributed by atoms with E-state index in [0.29, 0.717) is 17.8 Å². The summed E-state index contributed by atoms with van der Waals surface area (Å²) in [6.45, 7) is 11.1. The molecular weight excluding hydrogens is 212 g/mol. The van der Waals surface area contributed by atoms with Crippen LogP contribution in [0.4, 0.5) is 0 Å². The van der Waals surface area contributed by atoms with Crippen molar-refractivity contribution < 1.29 is 9.53 Å². The van der Waals surface area contributed by atoms with E-state index in [0.717, 1.165) is 12.3 Å². The number of rotatable bonds is 3. The Balaban J connectivity index is 2.03. The summed E-state index contributed by atoms with van der Waals surface area (Å²) < 4.78 is 5.76. The van der Waals surface area contributed by atoms with E-state index in [1.807, 2.05) is 0 Å². The molecule has 2 nitrogen and oxygen atoms in total. The fraction of sp³-hybridized carbons (Fsp3) is 0.933. The van der Waals surface area contributed by atoms with Crippen molar-refractivity contribution in [2.75, 3.05) is 0 Å². The lowest BCUT2D eigenvalue weighted by molar-refractivity contribution is -0.157. The number of carbonyl (C=O) groups excluding carboxylic acids is 1. The first-order valence-corrected chi connectivity index (χ1v) is 6.97. The van der Waals surface area contributed by atoms with Crippen LogP contribution in [0.15, 0.2) is 0 Å². The van der Waals surface area contributed by atoms with Crippen LogP contribution in [0.5, 0.6) is 0 Å². The van der Waals surface area contributed by atoms with Crippen molar-refractivity contribution in [3.05, 3.63) is 0 Å². The highest BCUT2D eigenvalue weighted by Gasteiger charge is 2.62. The van der Waals surface area contributed by atoms with Crippen LogP contribution in [0.2, 0.25) is 0 Å². The van der Waals surface area contributed by atoms with E-state index < -0.39 is 0 Å². The number of fused-ring (bicyclic) bond motifs is 2. The Morgan fingerprint density at radius 3 is 2.41 bits per heavy atom. The van der Waals surface area contributed by atoms with Gasteiger partial charge in [-0.25, -0.2) is 0 Å². The summed E-state index contributed by atoms with van der Waals surface area (Å²) in [5.41, 5.74) is 0.528. The molecule has 0 aromatic carbocycles. The van der Waals surface area contributed by atoms with E-state index >= 15 is 0 Å². The predicted octanol–water partition coefficient (Wildman–Crippen LogP) is 3.79. The van der Waals surface area contributed by atoms with Gasteiger partial charge in [-0.3, -0.25) is 4.79 Å². The lowest BCUT2D eigenvalue weighted by Gasteiger charge is -2.38. The quantitative estimate of drug-likeness (QED) is 0.699. The van der Waals surface area contributed by atoms with Gasteiger partial charge in [-0.1, -0.05) is 34.6 Å². The molecule has 0 aromatic rings. The Morgan fingerprint density at radius 1 is 1.35 bits per heavy atom. The van der Waals surface area contributed by atoms with Gasteiger partial charge in [0.1, 0.15) is 6.10 Å². The highest BCUT2D eigenvalue weighted by Crippen LogP contribution is 2.66. The van der Waals surface area contributed by atoms with Crippen LogP contribution in [0.1, 0.15) is 60.3 Å². The standard InChI is InChI=1S/C15H26O2/c1-10(2)8-13(16)17-12-9-11-6-7-15(12,5)14(11,3)4/h10-12H,6-9H2,1-5H3/t11-,12-,15-/m1/s1. The van der Waals surface area contributed by atoms with E-state index in [2.05, 4.69) is 34.6 Å². The summed E-state index contributed by atoms with van der Waals surface area (Å²) in [4.78, 5) is 11.8. The first-order valence-electron chi connectivity index (χ1n) is 6.97. The third-order valence-electron chi connectivity index (χ3n) is 5.56. The van der Waals surface area contributed by atoms with Gasteiger partial charge in [0.2, 0.25) is 0 Å². The average molecular weight is 238 g/mol. The molecule has 2 aliphatic rings. The van der Waals surface area contributed by atoms with E-state index in [1.54, 1.807) is 0 Å². The highest BCUT2D eigenvalue weighted by molar-refractivity contribution is 5.70. The maximum Gasteiger partial charge on any atom is 0.306 e. The molecule has 2 aliphatic carbocycles. The zero-order valence-electron chi connectivity index (χ0n) is 11.9. The molecule has 17 heavy (non-hydrogen) atoms. The highest BCUT2D eigenvalue weighted by atomic mass is 16.5. The van der Waals surface area contributed by atoms with Crippen molar-refractivity contribution in [1.82, 2.24) is 0 Å². The Labute approximate surface area is 105 Å². The SMILES string of the molecule is CC(C)CC(=O)O[C@@H]1C[C@H]2CC[C@@]1(C)C2(C)C. The van der Waals surface area contributed by atoms with Gasteiger partial charge in [0.15, 0.2) is 0 Å². The van der Waals surface area contributed by atoms with Gasteiger partial charge in [-0.05, 0) is 36.5 Å². The molecule has 0 heterocycles. The maximum absolute atomic E-state index is 11.8. The van der Waals surface area contributed by atoms with Gasteiger partial charge in [0, 0.05) is 11.8 Å². The molecule has 0 spiro atoms. The van der Waals surface area contributed by atoms with Crippen molar-refractivity contribution in [3.8, 4) is 0 Å². The maximum atomic E-state index is 11.8. The fourth-order valence-electron chi connectivity index (χ4n) is 3.85. The average Bonchev–Trinajstić information content (AvgIpc) is 2.49. The number of hydrogen-bond donors (Lipinski definition) is 0. The number of carbonyl (C=O) groups is 1. The van der Waals surface area contributed by atoms with E-state index in [1.165, 1.54) is 12.8 Å². The van der Waals surface area contributed by atoms with Crippen molar-refractivity contribution >= 4 is 5.97 Å². The Morgan fingerprint density at radius 2 is 2.00 bits per heavy atom. The lowest BCUT2D eigenvalue weighted by Crippen LogP contribution is -2.38. The Bertz CT molecular complexity index is 319. The van der Waals surface area contributed by atoms with Crippen LogP contribution in [0, 0.1) is 22.7 Å². The van der Waals surface area contributed by atoms with Crippen molar-refractivity contribution in [1.29, 1.82) is 0 Å². The van der Waals surface area contributed by atoms with E-state index in [9.17, 15) is 4.79 Å². The smallest absolute Gasteiger partial charge is 0.306 e. The van der Waals surface area contributed by atoms with Crippen LogP contribution in [0.3, 0.4) is 0 Å². The zero-order chi connectivity index (χ0) is 12.8. The zero-order valence-corrected chi connectivity index (χ0v) is 11.9. The lowest BCUT2D eigenvalue weighted by atomic mass is 9.70. The van der Waals surface area contributed by atoms with E-state index in [-0.39, 0.29) is 17.5 Å². The second-order valence-electron chi connectivity index (χ2n) is 7.19. The molecule has 0 aliphatic heterocycles. The summed E-state index contributed by atoms with van der Waals surface area (Å²) >= 11 is 0. The minimum absolute atomic E-state index is 0.00502. The van der Waals surface area contributed by atoms with Gasteiger partial charge >= 0.3 is 5.97 Å². The molecule has 2 saturated carbocycles. The first kappa shape index (κ1) is 12.9. The van der Waals surface area contributed by atoms with Gasteiger partial charge in [0.05, 0.1) is 0 Å². The van der Waals surface area contributed by atoms with Crippen LogP contribution in [-0.2, 0) is 9.53 Å². The summed E-state index contributed by atoms with van der Waals surface area (Å²) in [7, 11) is 0. The summed E-state index contributed by atoms with van der Waals surface area (Å²) in [6, 6.07) is 0. The van der Waals surface area contributed by atoms with E-state index in [4.69, 9.17) is 4.74 Å². The molecule has 2 heteroatoms. The van der Waals surface area contributed by atoms with Gasteiger partial charge < -0.3 is 4.74 Å². The third kappa shape index (κ3) is 1.90. The normalized spacial score (nSPS) is 38.7. The summed E-state index contributed by atoms with van der Waals surface area (Å²) in [6.07, 6.45) is 4.30. The Hall–Kier alpha value is -0.530. The van der Waals surface area contributed by atoms with Crippen LogP contribution in [0.25, 0.3) is 0 Å². The summed E-state index contributed by atoms with van der Waals surface area (Å²) in [5.74, 6) is 1.13. The molecule has 0 unspecified atom stereocenters. The number of esters is 1. The number of ether oxygens (including phenoxy) is 1. The van der Waals surface area contributed by atoms with Crippen molar-refractivity contribution in [2.24, 2.45) is 22.7 Å². The molecule has 0 amide bonds. The molecule has 0 radical (unpaired) electrons. The van der Waals surface area contributed by atoms with Crippen LogP contribution in [-0.4, -0.2) is 12.1 Å². The molecule has 2 bridgehead atoms. The summed E-state index contributed by atoms with van der Waals surface area (Å²) in [5, 5.41) is 0. The minimum atomic E-state index is -0.00502. The third-order valence-corrected chi connectivity index (χ3v) is 5.56. The van der Waals surface area contributed by atoms with Crippen LogP contribution < -0.4 is 0 Å². The second-order valence-corrected chi connectivity index (χ2v) is 7.19. The monoisotopic (exact) mass is 238 g/mol. The molecule has 0 saturated heterocycles. The topological polar surface area (TPSA) is 26.3 Å². The number of hydrogen-bond acceptors (Lipinski definition) is 2. The molecular formula is C15H26O2. The Kier molecular flexibility index (Phi) is 3.04. The minimum Gasteiger partial charge on any atom is -0.462 e. The molecule has 3 atom stereocenters. The predicted molar refractivity (Wildman–Crippen MR) is 68.6 cm³/mol. The molecule has 98 valence electrons. The molecule has 0 N–H and O–H groups in total. The first-order chi connectivity index (χ1) is 7.77. The second kappa shape index (κ2) is 4.00. The van der Waals surface area contributed by atoms with Gasteiger partial charge in [-0.2, -0.15) is 0 Å². The molecule has 0 aromatic heterocycles. The van der Waals surface area contributed by atoms with Crippen molar-refractivity contribution in [2.45, 2.75) is 66.4 Å². The largest absolute Gasteiger partial charge is 0.462 e. The molecule has 2 fully saturated rings.